The van der Waals surface area contributed by atoms with Gasteiger partial charge in [-0.05, 0) is 33.3 Å². The maximum absolute atomic E-state index is 12.0. The van der Waals surface area contributed by atoms with E-state index in [1.807, 2.05) is 20.8 Å². The molecule has 122 valence electrons. The van der Waals surface area contributed by atoms with E-state index >= 15 is 0 Å². The summed E-state index contributed by atoms with van der Waals surface area (Å²) in [4.78, 5) is 16.7. The van der Waals surface area contributed by atoms with Crippen LogP contribution in [0.5, 0.6) is 0 Å². The van der Waals surface area contributed by atoms with E-state index in [-0.39, 0.29) is 11.4 Å². The summed E-state index contributed by atoms with van der Waals surface area (Å²) in [5, 5.41) is 3.03. The van der Waals surface area contributed by atoms with E-state index in [4.69, 9.17) is 0 Å². The third-order valence-electron chi connectivity index (χ3n) is 3.84. The van der Waals surface area contributed by atoms with Gasteiger partial charge in [-0.3, -0.25) is 14.6 Å². The number of hydrogen-bond acceptors (Lipinski definition) is 3. The third kappa shape index (κ3) is 5.78. The summed E-state index contributed by atoms with van der Waals surface area (Å²) in [7, 11) is 0. The first kappa shape index (κ1) is 17.0. The van der Waals surface area contributed by atoms with Gasteiger partial charge in [0.05, 0.1) is 6.54 Å². The standard InChI is InChI=1S/C18H29N3O/c1-15-6-5-7-16(12-15)13-20-8-10-21(11-9-20)14-17(22)19-18(2,3)4/h5-7,12H,8-11,13-14H2,1-4H3,(H,19,22). The van der Waals surface area contributed by atoms with Crippen LogP contribution >= 0.6 is 0 Å². The molecule has 22 heavy (non-hydrogen) atoms. The van der Waals surface area contributed by atoms with Crippen LogP contribution in [0.3, 0.4) is 0 Å². The molecule has 1 aromatic rings. The van der Waals surface area contributed by atoms with Crippen LogP contribution in [-0.4, -0.2) is 54.0 Å². The maximum Gasteiger partial charge on any atom is 0.234 e. The van der Waals surface area contributed by atoms with E-state index in [1.165, 1.54) is 11.1 Å². The molecule has 0 bridgehead atoms. The summed E-state index contributed by atoms with van der Waals surface area (Å²) >= 11 is 0. The second-order valence-corrected chi connectivity index (χ2v) is 7.34. The number of rotatable bonds is 4. The Bertz CT molecular complexity index is 499. The van der Waals surface area contributed by atoms with Gasteiger partial charge in [0.2, 0.25) is 5.91 Å². The van der Waals surface area contributed by atoms with Crippen molar-refractivity contribution in [3.63, 3.8) is 0 Å². The zero-order chi connectivity index (χ0) is 16.2. The van der Waals surface area contributed by atoms with Gasteiger partial charge in [-0.2, -0.15) is 0 Å². The molecular formula is C18H29N3O. The van der Waals surface area contributed by atoms with E-state index in [9.17, 15) is 4.79 Å². The van der Waals surface area contributed by atoms with Crippen molar-refractivity contribution < 1.29 is 4.79 Å². The average molecular weight is 303 g/mol. The first-order valence-corrected chi connectivity index (χ1v) is 8.13. The third-order valence-corrected chi connectivity index (χ3v) is 3.84. The number of amides is 1. The molecule has 0 aliphatic carbocycles. The summed E-state index contributed by atoms with van der Waals surface area (Å²) in [6.45, 7) is 13.7. The van der Waals surface area contributed by atoms with Crippen LogP contribution < -0.4 is 5.32 Å². The Hall–Kier alpha value is -1.39. The highest BCUT2D eigenvalue weighted by molar-refractivity contribution is 5.78. The second-order valence-electron chi connectivity index (χ2n) is 7.34. The molecule has 0 unspecified atom stereocenters. The Labute approximate surface area is 134 Å². The Morgan fingerprint density at radius 2 is 1.77 bits per heavy atom. The van der Waals surface area contributed by atoms with E-state index in [1.54, 1.807) is 0 Å². The van der Waals surface area contributed by atoms with Crippen molar-refractivity contribution in [1.82, 2.24) is 15.1 Å². The highest BCUT2D eigenvalue weighted by Crippen LogP contribution is 2.10. The lowest BCUT2D eigenvalue weighted by Gasteiger charge is -2.35. The van der Waals surface area contributed by atoms with Crippen LogP contribution in [0.4, 0.5) is 0 Å². The predicted molar refractivity (Wildman–Crippen MR) is 90.8 cm³/mol. The molecule has 1 aromatic carbocycles. The van der Waals surface area contributed by atoms with Crippen molar-refractivity contribution in [3.8, 4) is 0 Å². The lowest BCUT2D eigenvalue weighted by atomic mass is 10.1. The molecule has 1 saturated heterocycles. The van der Waals surface area contributed by atoms with Gasteiger partial charge in [0.25, 0.3) is 0 Å². The predicted octanol–water partition coefficient (Wildman–Crippen LogP) is 2.03. The number of nitrogens with one attached hydrogen (secondary N) is 1. The number of hydrogen-bond donors (Lipinski definition) is 1. The van der Waals surface area contributed by atoms with Crippen LogP contribution in [0, 0.1) is 6.92 Å². The van der Waals surface area contributed by atoms with Crippen LogP contribution in [0.1, 0.15) is 31.9 Å². The number of nitrogens with zero attached hydrogens (tertiary/aromatic N) is 2. The second kappa shape index (κ2) is 7.25. The minimum Gasteiger partial charge on any atom is -0.350 e. The SMILES string of the molecule is Cc1cccc(CN2CCN(CC(=O)NC(C)(C)C)CC2)c1. The van der Waals surface area contributed by atoms with Gasteiger partial charge in [0.15, 0.2) is 0 Å². The quantitative estimate of drug-likeness (QED) is 0.924. The fourth-order valence-corrected chi connectivity index (χ4v) is 2.84. The normalized spacial score (nSPS) is 17.5. The zero-order valence-corrected chi connectivity index (χ0v) is 14.4. The molecule has 0 saturated carbocycles. The highest BCUT2D eigenvalue weighted by Gasteiger charge is 2.21. The van der Waals surface area contributed by atoms with Crippen LogP contribution in [-0.2, 0) is 11.3 Å². The fraction of sp³-hybridized carbons (Fsp3) is 0.611. The van der Waals surface area contributed by atoms with Gasteiger partial charge in [0, 0.05) is 38.3 Å². The van der Waals surface area contributed by atoms with Crippen molar-refractivity contribution >= 4 is 5.91 Å². The Morgan fingerprint density at radius 1 is 1.14 bits per heavy atom. The number of carbonyl (C=O) groups excluding carboxylic acids is 1. The largest absolute Gasteiger partial charge is 0.350 e. The minimum absolute atomic E-state index is 0.125. The van der Waals surface area contributed by atoms with Crippen molar-refractivity contribution in [3.05, 3.63) is 35.4 Å². The molecular weight excluding hydrogens is 274 g/mol. The molecule has 2 rings (SSSR count). The molecule has 0 atom stereocenters. The molecule has 1 fully saturated rings. The van der Waals surface area contributed by atoms with Crippen molar-refractivity contribution in [2.75, 3.05) is 32.7 Å². The van der Waals surface area contributed by atoms with Crippen LogP contribution in [0.25, 0.3) is 0 Å². The number of aryl methyl sites for hydroxylation is 1. The highest BCUT2D eigenvalue weighted by atomic mass is 16.2. The van der Waals surface area contributed by atoms with E-state index < -0.39 is 0 Å². The topological polar surface area (TPSA) is 35.6 Å². The molecule has 0 radical (unpaired) electrons. The Balaban J connectivity index is 1.75. The molecule has 0 spiro atoms. The van der Waals surface area contributed by atoms with Gasteiger partial charge in [-0.1, -0.05) is 29.8 Å². The number of piperazine rings is 1. The summed E-state index contributed by atoms with van der Waals surface area (Å²) in [5.74, 6) is 0.125. The van der Waals surface area contributed by atoms with Gasteiger partial charge in [-0.15, -0.1) is 0 Å². The van der Waals surface area contributed by atoms with Gasteiger partial charge in [0.1, 0.15) is 0 Å². The van der Waals surface area contributed by atoms with Crippen LogP contribution in [0.2, 0.25) is 0 Å². The molecule has 1 amide bonds. The maximum atomic E-state index is 12.0. The van der Waals surface area contributed by atoms with E-state index in [2.05, 4.69) is 46.3 Å². The monoisotopic (exact) mass is 303 g/mol. The zero-order valence-electron chi connectivity index (χ0n) is 14.4. The number of carbonyl (C=O) groups is 1. The van der Waals surface area contributed by atoms with Crippen molar-refractivity contribution in [2.24, 2.45) is 0 Å². The van der Waals surface area contributed by atoms with E-state index in [0.717, 1.165) is 32.7 Å². The first-order chi connectivity index (χ1) is 10.3. The van der Waals surface area contributed by atoms with Crippen LogP contribution in [0.15, 0.2) is 24.3 Å². The molecule has 4 heteroatoms. The summed E-state index contributed by atoms with van der Waals surface area (Å²) in [6, 6.07) is 8.70. The lowest BCUT2D eigenvalue weighted by molar-refractivity contribution is -0.124. The molecule has 4 nitrogen and oxygen atoms in total. The molecule has 1 heterocycles. The first-order valence-electron chi connectivity index (χ1n) is 8.13. The number of benzene rings is 1. The molecule has 1 aliphatic heterocycles. The van der Waals surface area contributed by atoms with Gasteiger partial charge < -0.3 is 5.32 Å². The molecule has 0 aromatic heterocycles. The molecule has 1 N–H and O–H groups in total. The lowest BCUT2D eigenvalue weighted by Crippen LogP contribution is -2.51. The average Bonchev–Trinajstić information content (AvgIpc) is 2.39. The van der Waals surface area contributed by atoms with Gasteiger partial charge in [-0.25, -0.2) is 0 Å². The molecule has 1 aliphatic rings. The van der Waals surface area contributed by atoms with Crippen molar-refractivity contribution in [1.29, 1.82) is 0 Å². The summed E-state index contributed by atoms with van der Waals surface area (Å²) in [6.07, 6.45) is 0. The summed E-state index contributed by atoms with van der Waals surface area (Å²) < 4.78 is 0. The van der Waals surface area contributed by atoms with Crippen molar-refractivity contribution in [2.45, 2.75) is 39.8 Å². The Morgan fingerprint density at radius 3 is 2.36 bits per heavy atom. The summed E-state index contributed by atoms with van der Waals surface area (Å²) in [5.41, 5.74) is 2.54. The fourth-order valence-electron chi connectivity index (χ4n) is 2.84. The Kier molecular flexibility index (Phi) is 5.59. The van der Waals surface area contributed by atoms with E-state index in [0.29, 0.717) is 6.54 Å². The smallest absolute Gasteiger partial charge is 0.234 e. The minimum atomic E-state index is -0.149. The van der Waals surface area contributed by atoms with Gasteiger partial charge >= 0.3 is 0 Å².